The maximum atomic E-state index is 5.45. The summed E-state index contributed by atoms with van der Waals surface area (Å²) in [5.74, 6) is 0. The summed E-state index contributed by atoms with van der Waals surface area (Å²) in [6, 6.07) is 7.46. The molecule has 1 N–H and O–H groups in total. The van der Waals surface area contributed by atoms with E-state index in [0.717, 1.165) is 26.3 Å². The molecular weight excluding hydrogens is 224 g/mol. The molecule has 2 aliphatic rings. The van der Waals surface area contributed by atoms with Crippen LogP contribution >= 0.6 is 0 Å². The number of anilines is 1. The van der Waals surface area contributed by atoms with E-state index >= 15 is 0 Å². The molecular formula is C15H22N2O. The van der Waals surface area contributed by atoms with Crippen molar-refractivity contribution < 1.29 is 4.74 Å². The van der Waals surface area contributed by atoms with E-state index in [2.05, 4.69) is 35.5 Å². The van der Waals surface area contributed by atoms with Crippen LogP contribution < -0.4 is 5.32 Å². The Kier molecular flexibility index (Phi) is 3.52. The molecule has 1 aromatic rings. The van der Waals surface area contributed by atoms with Crippen LogP contribution in [0.5, 0.6) is 0 Å². The third-order valence-corrected chi connectivity index (χ3v) is 4.07. The van der Waals surface area contributed by atoms with E-state index in [0.29, 0.717) is 6.04 Å². The van der Waals surface area contributed by atoms with Crippen molar-refractivity contribution in [2.24, 2.45) is 0 Å². The van der Waals surface area contributed by atoms with E-state index in [1.165, 1.54) is 36.1 Å². The average molecular weight is 246 g/mol. The number of nitrogens with zero attached hydrogens (tertiary/aromatic N) is 1. The highest BCUT2D eigenvalue weighted by Crippen LogP contribution is 2.24. The molecule has 0 amide bonds. The summed E-state index contributed by atoms with van der Waals surface area (Å²) in [7, 11) is 2.21. The third-order valence-electron chi connectivity index (χ3n) is 4.07. The Balaban J connectivity index is 1.68. The Morgan fingerprint density at radius 3 is 3.22 bits per heavy atom. The maximum absolute atomic E-state index is 5.45. The van der Waals surface area contributed by atoms with E-state index in [9.17, 15) is 0 Å². The fourth-order valence-corrected chi connectivity index (χ4v) is 2.91. The van der Waals surface area contributed by atoms with Gasteiger partial charge in [-0.1, -0.05) is 12.1 Å². The van der Waals surface area contributed by atoms with Crippen LogP contribution in [-0.2, 0) is 17.7 Å². The molecule has 0 bridgehead atoms. The topological polar surface area (TPSA) is 24.5 Å². The second-order valence-corrected chi connectivity index (χ2v) is 5.45. The first kappa shape index (κ1) is 12.0. The lowest BCUT2D eigenvalue weighted by atomic mass is 10.0. The van der Waals surface area contributed by atoms with Crippen LogP contribution in [0.15, 0.2) is 18.2 Å². The van der Waals surface area contributed by atoms with E-state index in [1.807, 2.05) is 0 Å². The molecule has 0 aliphatic carbocycles. The lowest BCUT2D eigenvalue weighted by molar-refractivity contribution is 0.156. The molecule has 1 fully saturated rings. The van der Waals surface area contributed by atoms with E-state index < -0.39 is 0 Å². The number of ether oxygens (including phenoxy) is 1. The van der Waals surface area contributed by atoms with Crippen molar-refractivity contribution in [1.82, 2.24) is 4.90 Å². The lowest BCUT2D eigenvalue weighted by Gasteiger charge is -2.24. The highest BCUT2D eigenvalue weighted by molar-refractivity contribution is 5.54. The maximum Gasteiger partial charge on any atom is 0.0622 e. The van der Waals surface area contributed by atoms with Crippen LogP contribution in [0.2, 0.25) is 0 Å². The number of rotatable bonds is 3. The Hall–Kier alpha value is -1.06. The van der Waals surface area contributed by atoms with Gasteiger partial charge in [-0.25, -0.2) is 0 Å². The zero-order valence-electron chi connectivity index (χ0n) is 11.1. The van der Waals surface area contributed by atoms with Crippen LogP contribution in [0.25, 0.3) is 0 Å². The third kappa shape index (κ3) is 2.52. The molecule has 1 aromatic carbocycles. The highest BCUT2D eigenvalue weighted by Gasteiger charge is 2.20. The summed E-state index contributed by atoms with van der Waals surface area (Å²) in [4.78, 5) is 2.42. The van der Waals surface area contributed by atoms with Crippen LogP contribution in [0.1, 0.15) is 24.0 Å². The number of hydrogen-bond donors (Lipinski definition) is 1. The largest absolute Gasteiger partial charge is 0.385 e. The van der Waals surface area contributed by atoms with Gasteiger partial charge in [0.25, 0.3) is 0 Å². The predicted molar refractivity (Wildman–Crippen MR) is 73.9 cm³/mol. The summed E-state index contributed by atoms with van der Waals surface area (Å²) < 4.78 is 5.45. The Labute approximate surface area is 109 Å². The van der Waals surface area contributed by atoms with Gasteiger partial charge in [-0.3, -0.25) is 4.90 Å². The summed E-state index contributed by atoms with van der Waals surface area (Å²) >= 11 is 0. The molecule has 98 valence electrons. The number of nitrogens with one attached hydrogen (secondary N) is 1. The van der Waals surface area contributed by atoms with Gasteiger partial charge >= 0.3 is 0 Å². The van der Waals surface area contributed by atoms with Crippen LogP contribution in [0.4, 0.5) is 5.69 Å². The van der Waals surface area contributed by atoms with Gasteiger partial charge in [-0.05, 0) is 43.5 Å². The van der Waals surface area contributed by atoms with Crippen molar-refractivity contribution in [2.75, 3.05) is 32.1 Å². The summed E-state index contributed by atoms with van der Waals surface area (Å²) in [5, 5.41) is 3.46. The zero-order chi connectivity index (χ0) is 12.4. The standard InChI is InChI=1S/C15H22N2O/c1-17(14-6-8-18-11-14)10-12-4-5-15-13(9-12)3-2-7-16-15/h4-5,9,14,16H,2-3,6-8,10-11H2,1H3. The SMILES string of the molecule is CN(Cc1ccc2c(c1)CCCN2)C1CCOC1. The minimum atomic E-state index is 0.596. The molecule has 0 spiro atoms. The molecule has 2 heterocycles. The van der Waals surface area contributed by atoms with Crippen LogP contribution in [0.3, 0.4) is 0 Å². The van der Waals surface area contributed by atoms with Gasteiger partial charge in [0.2, 0.25) is 0 Å². The lowest BCUT2D eigenvalue weighted by Crippen LogP contribution is -2.31. The second kappa shape index (κ2) is 5.29. The van der Waals surface area contributed by atoms with E-state index in [4.69, 9.17) is 4.74 Å². The fourth-order valence-electron chi connectivity index (χ4n) is 2.91. The first-order chi connectivity index (χ1) is 8.83. The van der Waals surface area contributed by atoms with Crippen molar-refractivity contribution in [1.29, 1.82) is 0 Å². The van der Waals surface area contributed by atoms with E-state index in [-0.39, 0.29) is 0 Å². The Morgan fingerprint density at radius 2 is 2.39 bits per heavy atom. The molecule has 2 aliphatic heterocycles. The number of fused-ring (bicyclic) bond motifs is 1. The zero-order valence-corrected chi connectivity index (χ0v) is 11.1. The molecule has 3 rings (SSSR count). The summed E-state index contributed by atoms with van der Waals surface area (Å²) in [5.41, 5.74) is 4.23. The molecule has 1 atom stereocenters. The predicted octanol–water partition coefficient (Wildman–Crippen LogP) is 2.27. The van der Waals surface area contributed by atoms with E-state index in [1.54, 1.807) is 0 Å². The summed E-state index contributed by atoms with van der Waals surface area (Å²) in [6.07, 6.45) is 3.64. The average Bonchev–Trinajstić information content (AvgIpc) is 2.92. The molecule has 3 nitrogen and oxygen atoms in total. The normalized spacial score (nSPS) is 22.9. The molecule has 0 saturated carbocycles. The van der Waals surface area contributed by atoms with Gasteiger partial charge in [0, 0.05) is 31.4 Å². The van der Waals surface area contributed by atoms with Gasteiger partial charge in [0.15, 0.2) is 0 Å². The molecule has 3 heteroatoms. The van der Waals surface area contributed by atoms with Crippen LogP contribution in [0, 0.1) is 0 Å². The first-order valence-electron chi connectivity index (χ1n) is 6.96. The fraction of sp³-hybridized carbons (Fsp3) is 0.600. The van der Waals surface area contributed by atoms with Crippen molar-refractivity contribution in [3.8, 4) is 0 Å². The van der Waals surface area contributed by atoms with Gasteiger partial charge in [-0.15, -0.1) is 0 Å². The van der Waals surface area contributed by atoms with Crippen LogP contribution in [-0.4, -0.2) is 37.7 Å². The number of aryl methyl sites for hydroxylation is 1. The minimum absolute atomic E-state index is 0.596. The smallest absolute Gasteiger partial charge is 0.0622 e. The first-order valence-corrected chi connectivity index (χ1v) is 6.96. The van der Waals surface area contributed by atoms with Crippen molar-refractivity contribution >= 4 is 5.69 Å². The Bertz CT molecular complexity index is 413. The van der Waals surface area contributed by atoms with Crippen molar-refractivity contribution in [2.45, 2.75) is 31.8 Å². The quantitative estimate of drug-likeness (QED) is 0.885. The summed E-state index contributed by atoms with van der Waals surface area (Å²) in [6.45, 7) is 3.96. The molecule has 1 saturated heterocycles. The molecule has 1 unspecified atom stereocenters. The van der Waals surface area contributed by atoms with Gasteiger partial charge in [0.05, 0.1) is 6.61 Å². The minimum Gasteiger partial charge on any atom is -0.385 e. The Morgan fingerprint density at radius 1 is 1.44 bits per heavy atom. The molecule has 18 heavy (non-hydrogen) atoms. The van der Waals surface area contributed by atoms with Gasteiger partial charge in [0.1, 0.15) is 0 Å². The molecule has 0 aromatic heterocycles. The van der Waals surface area contributed by atoms with Crippen molar-refractivity contribution in [3.05, 3.63) is 29.3 Å². The molecule has 0 radical (unpaired) electrons. The monoisotopic (exact) mass is 246 g/mol. The second-order valence-electron chi connectivity index (χ2n) is 5.45. The van der Waals surface area contributed by atoms with Gasteiger partial charge < -0.3 is 10.1 Å². The van der Waals surface area contributed by atoms with Gasteiger partial charge in [-0.2, -0.15) is 0 Å². The number of hydrogen-bond acceptors (Lipinski definition) is 3. The highest BCUT2D eigenvalue weighted by atomic mass is 16.5. The van der Waals surface area contributed by atoms with Crippen molar-refractivity contribution in [3.63, 3.8) is 0 Å². The number of benzene rings is 1. The number of likely N-dealkylation sites (N-methyl/N-ethyl adjacent to an activating group) is 1.